The Bertz CT molecular complexity index is 1670. The highest BCUT2D eigenvalue weighted by atomic mass is 79.9. The fourth-order valence-corrected chi connectivity index (χ4v) is 5.74. The van der Waals surface area contributed by atoms with Crippen molar-refractivity contribution in [2.24, 2.45) is 0 Å². The van der Waals surface area contributed by atoms with Crippen molar-refractivity contribution >= 4 is 82.4 Å². The first-order valence-electron chi connectivity index (χ1n) is 10.8. The van der Waals surface area contributed by atoms with Crippen molar-refractivity contribution in [2.45, 2.75) is 11.7 Å². The quantitative estimate of drug-likeness (QED) is 0.246. The molecule has 0 saturated heterocycles. The average Bonchev–Trinajstić information content (AvgIpc) is 3.41. The Balaban J connectivity index is 1.27. The highest BCUT2D eigenvalue weighted by molar-refractivity contribution is 9.10. The zero-order valence-electron chi connectivity index (χ0n) is 18.2. The summed E-state index contributed by atoms with van der Waals surface area (Å²) >= 11 is 6.26. The summed E-state index contributed by atoms with van der Waals surface area (Å²) in [5.74, 6) is -0.000345. The Morgan fingerprint density at radius 1 is 1.00 bits per heavy atom. The lowest BCUT2D eigenvalue weighted by Gasteiger charge is -2.07. The van der Waals surface area contributed by atoms with Crippen LogP contribution in [0.15, 0.2) is 82.4 Å². The fourth-order valence-electron chi connectivity index (χ4n) is 3.91. The first kappa shape index (κ1) is 22.1. The highest BCUT2D eigenvalue weighted by Crippen LogP contribution is 2.31. The Labute approximate surface area is 216 Å². The van der Waals surface area contributed by atoms with Crippen molar-refractivity contribution in [3.05, 3.63) is 82.8 Å². The number of thiazole rings is 1. The third-order valence-electron chi connectivity index (χ3n) is 5.47. The van der Waals surface area contributed by atoms with Gasteiger partial charge in [0.1, 0.15) is 5.52 Å². The third-order valence-corrected chi connectivity index (χ3v) is 7.75. The van der Waals surface area contributed by atoms with E-state index in [9.17, 15) is 4.79 Å². The van der Waals surface area contributed by atoms with E-state index in [0.29, 0.717) is 16.8 Å². The van der Waals surface area contributed by atoms with Crippen molar-refractivity contribution in [3.8, 4) is 0 Å². The first-order chi connectivity index (χ1) is 17.1. The summed E-state index contributed by atoms with van der Waals surface area (Å²) < 4.78 is 4.15. The van der Waals surface area contributed by atoms with Crippen LogP contribution >= 0.6 is 39.0 Å². The molecule has 3 heterocycles. The lowest BCUT2D eigenvalue weighted by Crippen LogP contribution is -2.14. The molecule has 6 aromatic rings. The number of nitrogens with one attached hydrogen (secondary N) is 1. The maximum absolute atomic E-state index is 12.6. The molecule has 3 aromatic heterocycles. The smallest absolute Gasteiger partial charge is 0.236 e. The molecule has 7 nitrogen and oxygen atoms in total. The van der Waals surface area contributed by atoms with Gasteiger partial charge in [-0.3, -0.25) is 4.79 Å². The molecule has 0 aliphatic carbocycles. The summed E-state index contributed by atoms with van der Waals surface area (Å²) in [6.07, 6.45) is 0. The number of aromatic nitrogens is 5. The number of benzene rings is 3. The van der Waals surface area contributed by atoms with E-state index in [1.807, 2.05) is 54.6 Å². The fraction of sp³-hybridized carbons (Fsp3) is 0.0800. The van der Waals surface area contributed by atoms with E-state index in [4.69, 9.17) is 4.98 Å². The van der Waals surface area contributed by atoms with Crippen LogP contribution in [0.25, 0.3) is 32.3 Å². The van der Waals surface area contributed by atoms with Gasteiger partial charge in [0.25, 0.3) is 0 Å². The van der Waals surface area contributed by atoms with E-state index in [1.54, 1.807) is 0 Å². The van der Waals surface area contributed by atoms with Crippen LogP contribution in [0.1, 0.15) is 5.56 Å². The van der Waals surface area contributed by atoms with Crippen LogP contribution in [0.3, 0.4) is 0 Å². The Morgan fingerprint density at radius 3 is 2.69 bits per heavy atom. The Morgan fingerprint density at radius 2 is 1.83 bits per heavy atom. The molecular formula is C25H17BrN6OS2. The maximum atomic E-state index is 12.6. The number of halogens is 1. The molecule has 10 heteroatoms. The van der Waals surface area contributed by atoms with E-state index in [-0.39, 0.29) is 11.7 Å². The number of hydrogen-bond acceptors (Lipinski definition) is 7. The molecule has 0 atom stereocenters. The van der Waals surface area contributed by atoms with Crippen molar-refractivity contribution in [1.29, 1.82) is 0 Å². The van der Waals surface area contributed by atoms with Gasteiger partial charge < -0.3 is 9.88 Å². The van der Waals surface area contributed by atoms with Crippen LogP contribution in [0.4, 0.5) is 5.13 Å². The van der Waals surface area contributed by atoms with Gasteiger partial charge in [-0.25, -0.2) is 9.97 Å². The van der Waals surface area contributed by atoms with Crippen molar-refractivity contribution in [2.75, 3.05) is 11.1 Å². The summed E-state index contributed by atoms with van der Waals surface area (Å²) in [5.41, 5.74) is 4.55. The summed E-state index contributed by atoms with van der Waals surface area (Å²) in [6.45, 7) is 0.656. The van der Waals surface area contributed by atoms with E-state index in [1.165, 1.54) is 23.1 Å². The van der Waals surface area contributed by atoms with Gasteiger partial charge in [0, 0.05) is 16.4 Å². The van der Waals surface area contributed by atoms with Gasteiger partial charge in [0.15, 0.2) is 10.8 Å². The molecule has 0 bridgehead atoms. The number of anilines is 1. The molecule has 0 unspecified atom stereocenters. The minimum atomic E-state index is -0.161. The van der Waals surface area contributed by atoms with Crippen LogP contribution in [0.5, 0.6) is 0 Å². The molecule has 3 aromatic carbocycles. The number of rotatable bonds is 6. The number of carbonyl (C=O) groups excluding carboxylic acids is 1. The van der Waals surface area contributed by atoms with Gasteiger partial charge in [-0.15, -0.1) is 10.2 Å². The molecule has 0 fully saturated rings. The predicted molar refractivity (Wildman–Crippen MR) is 145 cm³/mol. The molecule has 0 saturated carbocycles. The molecule has 0 spiro atoms. The number of hydrogen-bond donors (Lipinski definition) is 1. The first-order valence-corrected chi connectivity index (χ1v) is 13.4. The van der Waals surface area contributed by atoms with Gasteiger partial charge in [-0.1, -0.05) is 81.5 Å². The van der Waals surface area contributed by atoms with Crippen molar-refractivity contribution in [1.82, 2.24) is 24.7 Å². The Kier molecular flexibility index (Phi) is 5.93. The number of fused-ring (bicyclic) bond motifs is 4. The summed E-state index contributed by atoms with van der Waals surface area (Å²) in [7, 11) is 0. The molecular weight excluding hydrogens is 544 g/mol. The lowest BCUT2D eigenvalue weighted by atomic mass is 10.2. The van der Waals surface area contributed by atoms with Crippen molar-refractivity contribution in [3.63, 3.8) is 0 Å². The van der Waals surface area contributed by atoms with Gasteiger partial charge in [0.05, 0.1) is 21.5 Å². The summed E-state index contributed by atoms with van der Waals surface area (Å²) in [4.78, 5) is 21.8. The lowest BCUT2D eigenvalue weighted by molar-refractivity contribution is -0.113. The van der Waals surface area contributed by atoms with Gasteiger partial charge >= 0.3 is 0 Å². The molecule has 1 amide bonds. The number of nitrogens with zero attached hydrogens (tertiary/aromatic N) is 5. The summed E-state index contributed by atoms with van der Waals surface area (Å²) in [5, 5.41) is 13.7. The van der Waals surface area contributed by atoms with E-state index in [2.05, 4.69) is 59.2 Å². The van der Waals surface area contributed by atoms with Crippen LogP contribution in [-0.4, -0.2) is 36.4 Å². The van der Waals surface area contributed by atoms with Crippen LogP contribution in [-0.2, 0) is 11.3 Å². The zero-order chi connectivity index (χ0) is 23.8. The van der Waals surface area contributed by atoms with E-state index in [0.717, 1.165) is 42.3 Å². The second kappa shape index (κ2) is 9.37. The maximum Gasteiger partial charge on any atom is 0.236 e. The molecule has 0 aliphatic rings. The van der Waals surface area contributed by atoms with Crippen LogP contribution in [0, 0.1) is 0 Å². The number of amides is 1. The topological polar surface area (TPSA) is 85.6 Å². The van der Waals surface area contributed by atoms with Gasteiger partial charge in [0.2, 0.25) is 11.1 Å². The largest absolute Gasteiger partial charge is 0.319 e. The number of carbonyl (C=O) groups is 1. The molecule has 35 heavy (non-hydrogen) atoms. The predicted octanol–water partition coefficient (Wildman–Crippen LogP) is 6.13. The second-order valence-electron chi connectivity index (χ2n) is 7.82. The molecule has 0 radical (unpaired) electrons. The van der Waals surface area contributed by atoms with E-state index < -0.39 is 0 Å². The molecule has 1 N–H and O–H groups in total. The number of thioether (sulfide) groups is 1. The van der Waals surface area contributed by atoms with Crippen LogP contribution in [0.2, 0.25) is 0 Å². The molecule has 172 valence electrons. The minimum absolute atomic E-state index is 0.160. The Hall–Kier alpha value is -3.34. The average molecular weight is 561 g/mol. The van der Waals surface area contributed by atoms with Crippen molar-refractivity contribution < 1.29 is 4.79 Å². The van der Waals surface area contributed by atoms with E-state index >= 15 is 0 Å². The minimum Gasteiger partial charge on any atom is -0.319 e. The number of para-hydroxylation sites is 1. The second-order valence-corrected chi connectivity index (χ2v) is 10.7. The monoisotopic (exact) mass is 560 g/mol. The standard InChI is InChI=1S/C25H17BrN6OS2/c26-16-10-11-19-17(12-16)22-23(32(19)13-15-6-2-1-3-7-15)29-25(31-30-22)34-14-21(33)28-24-27-18-8-4-5-9-20(18)35-24/h1-12H,13-14H2,(H,27,28,33). The third kappa shape index (κ3) is 4.52. The normalized spacial score (nSPS) is 11.5. The highest BCUT2D eigenvalue weighted by Gasteiger charge is 2.17. The zero-order valence-corrected chi connectivity index (χ0v) is 21.4. The molecule has 0 aliphatic heterocycles. The molecule has 6 rings (SSSR count). The van der Waals surface area contributed by atoms with Gasteiger partial charge in [-0.2, -0.15) is 0 Å². The SMILES string of the molecule is O=C(CSc1nnc2c3cc(Br)ccc3n(Cc3ccccc3)c2n1)Nc1nc2ccccc2s1. The van der Waals surface area contributed by atoms with Gasteiger partial charge in [-0.05, 0) is 35.9 Å². The van der Waals surface area contributed by atoms with Crippen LogP contribution < -0.4 is 5.32 Å². The summed E-state index contributed by atoms with van der Waals surface area (Å²) in [6, 6.07) is 24.1.